The second-order valence-electron chi connectivity index (χ2n) is 8.17. The Hall–Kier alpha value is -2.63. The Bertz CT molecular complexity index is 766. The first kappa shape index (κ1) is 19.7. The summed E-state index contributed by atoms with van der Waals surface area (Å²) in [6.07, 6.45) is 7.11. The molecule has 29 heavy (non-hydrogen) atoms. The lowest BCUT2D eigenvalue weighted by molar-refractivity contribution is -0.131. The normalized spacial score (nSPS) is 17.5. The number of rotatable bonds is 7. The van der Waals surface area contributed by atoms with E-state index in [1.807, 2.05) is 35.2 Å². The van der Waals surface area contributed by atoms with Crippen LogP contribution in [0.5, 0.6) is 0 Å². The van der Waals surface area contributed by atoms with Gasteiger partial charge in [-0.1, -0.05) is 56.0 Å². The van der Waals surface area contributed by atoms with Gasteiger partial charge in [0, 0.05) is 39.1 Å². The average molecular weight is 394 g/mol. The summed E-state index contributed by atoms with van der Waals surface area (Å²) in [5, 5.41) is 12.0. The Kier molecular flexibility index (Phi) is 6.60. The zero-order valence-electron chi connectivity index (χ0n) is 17.1. The maximum absolute atomic E-state index is 12.5. The maximum Gasteiger partial charge on any atom is 0.222 e. The van der Waals surface area contributed by atoms with Crippen LogP contribution in [0.3, 0.4) is 0 Å². The molecule has 0 radical (unpaired) electrons. The Balaban J connectivity index is 1.21. The molecule has 4 rings (SSSR count). The number of hydrogen-bond donors (Lipinski definition) is 1. The van der Waals surface area contributed by atoms with Crippen LogP contribution in [0.1, 0.15) is 44.1 Å². The Morgan fingerprint density at radius 1 is 0.966 bits per heavy atom. The highest BCUT2D eigenvalue weighted by atomic mass is 16.2. The fraction of sp³-hybridized carbons (Fsp3) is 0.522. The molecule has 0 bridgehead atoms. The van der Waals surface area contributed by atoms with Crippen LogP contribution in [0, 0.1) is 5.92 Å². The molecule has 1 saturated heterocycles. The van der Waals surface area contributed by atoms with Crippen molar-refractivity contribution in [1.82, 2.24) is 15.1 Å². The van der Waals surface area contributed by atoms with Gasteiger partial charge in [0.25, 0.3) is 0 Å². The molecular formula is C23H31N5O. The molecule has 0 atom stereocenters. The second kappa shape index (κ2) is 9.72. The van der Waals surface area contributed by atoms with E-state index in [-0.39, 0.29) is 0 Å². The zero-order chi connectivity index (χ0) is 19.9. The number of carbonyl (C=O) groups excluding carboxylic acids is 1. The molecule has 154 valence electrons. The van der Waals surface area contributed by atoms with E-state index in [0.717, 1.165) is 56.7 Å². The van der Waals surface area contributed by atoms with Gasteiger partial charge in [-0.25, -0.2) is 0 Å². The molecule has 0 unspecified atom stereocenters. The number of carbonyl (C=O) groups is 1. The first-order valence-electron chi connectivity index (χ1n) is 10.9. The SMILES string of the molecule is O=C(CCC1CCCC1)N1CCN(c2ccc(NCc3ccccc3)nn2)CC1. The molecule has 1 aliphatic carbocycles. The van der Waals surface area contributed by atoms with Crippen molar-refractivity contribution in [2.75, 3.05) is 36.4 Å². The van der Waals surface area contributed by atoms with Crippen LogP contribution in [0.2, 0.25) is 0 Å². The number of aromatic nitrogens is 2. The molecule has 2 fully saturated rings. The minimum absolute atomic E-state index is 0.322. The van der Waals surface area contributed by atoms with Gasteiger partial charge in [-0.15, -0.1) is 10.2 Å². The van der Waals surface area contributed by atoms with Crippen molar-refractivity contribution in [1.29, 1.82) is 0 Å². The molecule has 1 aromatic carbocycles. The maximum atomic E-state index is 12.5. The van der Waals surface area contributed by atoms with Gasteiger partial charge in [0.05, 0.1) is 0 Å². The van der Waals surface area contributed by atoms with E-state index in [0.29, 0.717) is 12.3 Å². The first-order chi connectivity index (χ1) is 14.3. The summed E-state index contributed by atoms with van der Waals surface area (Å²) in [6.45, 7) is 3.93. The van der Waals surface area contributed by atoms with E-state index in [1.165, 1.54) is 31.2 Å². The predicted octanol–water partition coefficient (Wildman–Crippen LogP) is 3.71. The van der Waals surface area contributed by atoms with Crippen molar-refractivity contribution < 1.29 is 4.79 Å². The van der Waals surface area contributed by atoms with Crippen molar-refractivity contribution in [2.24, 2.45) is 5.92 Å². The third-order valence-electron chi connectivity index (χ3n) is 6.16. The minimum atomic E-state index is 0.322. The molecule has 1 amide bonds. The van der Waals surface area contributed by atoms with E-state index in [1.54, 1.807) is 0 Å². The zero-order valence-corrected chi connectivity index (χ0v) is 17.1. The smallest absolute Gasteiger partial charge is 0.222 e. The van der Waals surface area contributed by atoms with Crippen molar-refractivity contribution in [3.05, 3.63) is 48.0 Å². The summed E-state index contributed by atoms with van der Waals surface area (Å²) < 4.78 is 0. The molecule has 2 heterocycles. The summed E-state index contributed by atoms with van der Waals surface area (Å²) in [6, 6.07) is 14.2. The summed E-state index contributed by atoms with van der Waals surface area (Å²) in [7, 11) is 0. The van der Waals surface area contributed by atoms with E-state index in [9.17, 15) is 4.79 Å². The summed E-state index contributed by atoms with van der Waals surface area (Å²) in [5.41, 5.74) is 1.21. The minimum Gasteiger partial charge on any atom is -0.365 e. The fourth-order valence-corrected chi connectivity index (χ4v) is 4.35. The highest BCUT2D eigenvalue weighted by Crippen LogP contribution is 2.28. The van der Waals surface area contributed by atoms with Crippen molar-refractivity contribution in [2.45, 2.75) is 45.1 Å². The third kappa shape index (κ3) is 5.46. The molecule has 1 saturated carbocycles. The molecular weight excluding hydrogens is 362 g/mol. The summed E-state index contributed by atoms with van der Waals surface area (Å²) in [4.78, 5) is 16.7. The molecule has 0 spiro atoms. The Morgan fingerprint density at radius 3 is 2.41 bits per heavy atom. The lowest BCUT2D eigenvalue weighted by atomic mass is 10.0. The van der Waals surface area contributed by atoms with Crippen molar-refractivity contribution in [3.8, 4) is 0 Å². The number of anilines is 2. The van der Waals surface area contributed by atoms with Crippen molar-refractivity contribution >= 4 is 17.5 Å². The largest absolute Gasteiger partial charge is 0.365 e. The van der Waals surface area contributed by atoms with Crippen LogP contribution in [-0.2, 0) is 11.3 Å². The van der Waals surface area contributed by atoms with Crippen LogP contribution in [0.25, 0.3) is 0 Å². The molecule has 1 aromatic heterocycles. The molecule has 6 nitrogen and oxygen atoms in total. The van der Waals surface area contributed by atoms with Gasteiger partial charge in [0.2, 0.25) is 5.91 Å². The molecule has 2 aromatic rings. The Morgan fingerprint density at radius 2 is 1.72 bits per heavy atom. The van der Waals surface area contributed by atoms with E-state index in [4.69, 9.17) is 0 Å². The van der Waals surface area contributed by atoms with Crippen LogP contribution >= 0.6 is 0 Å². The van der Waals surface area contributed by atoms with Crippen LogP contribution in [0.15, 0.2) is 42.5 Å². The topological polar surface area (TPSA) is 61.4 Å². The van der Waals surface area contributed by atoms with Crippen LogP contribution in [0.4, 0.5) is 11.6 Å². The predicted molar refractivity (Wildman–Crippen MR) is 116 cm³/mol. The first-order valence-corrected chi connectivity index (χ1v) is 10.9. The number of piperazine rings is 1. The molecule has 6 heteroatoms. The van der Waals surface area contributed by atoms with Crippen LogP contribution in [-0.4, -0.2) is 47.2 Å². The van der Waals surface area contributed by atoms with Gasteiger partial charge in [0.15, 0.2) is 5.82 Å². The highest BCUT2D eigenvalue weighted by molar-refractivity contribution is 5.76. The number of amides is 1. The van der Waals surface area contributed by atoms with Gasteiger partial charge < -0.3 is 15.1 Å². The number of nitrogens with zero attached hydrogens (tertiary/aromatic N) is 4. The monoisotopic (exact) mass is 393 g/mol. The second-order valence-corrected chi connectivity index (χ2v) is 8.17. The standard InChI is InChI=1S/C23H31N5O/c29-23(13-10-19-6-4-5-7-19)28-16-14-27(15-17-28)22-12-11-21(25-26-22)24-18-20-8-2-1-3-9-20/h1-3,8-9,11-12,19H,4-7,10,13-18H2,(H,24,25). The third-order valence-corrected chi connectivity index (χ3v) is 6.16. The summed E-state index contributed by atoms with van der Waals surface area (Å²) >= 11 is 0. The summed E-state index contributed by atoms with van der Waals surface area (Å²) in [5.74, 6) is 2.76. The van der Waals surface area contributed by atoms with Gasteiger partial charge in [-0.3, -0.25) is 4.79 Å². The lowest BCUT2D eigenvalue weighted by Gasteiger charge is -2.35. The lowest BCUT2D eigenvalue weighted by Crippen LogP contribution is -2.49. The van der Waals surface area contributed by atoms with Gasteiger partial charge in [0.1, 0.15) is 5.82 Å². The Labute approximate surface area is 173 Å². The highest BCUT2D eigenvalue weighted by Gasteiger charge is 2.23. The number of hydrogen-bond acceptors (Lipinski definition) is 5. The van der Waals surface area contributed by atoms with Crippen LogP contribution < -0.4 is 10.2 Å². The number of benzene rings is 1. The quantitative estimate of drug-likeness (QED) is 0.777. The molecule has 2 aliphatic rings. The molecule has 1 aliphatic heterocycles. The fourth-order valence-electron chi connectivity index (χ4n) is 4.35. The van der Waals surface area contributed by atoms with E-state index >= 15 is 0 Å². The number of nitrogens with one attached hydrogen (secondary N) is 1. The molecule has 1 N–H and O–H groups in total. The van der Waals surface area contributed by atoms with E-state index < -0.39 is 0 Å². The average Bonchev–Trinajstić information content (AvgIpc) is 3.31. The van der Waals surface area contributed by atoms with Crippen molar-refractivity contribution in [3.63, 3.8) is 0 Å². The van der Waals surface area contributed by atoms with Gasteiger partial charge >= 0.3 is 0 Å². The van der Waals surface area contributed by atoms with Gasteiger partial charge in [-0.2, -0.15) is 0 Å². The van der Waals surface area contributed by atoms with E-state index in [2.05, 4.69) is 32.5 Å². The van der Waals surface area contributed by atoms with Gasteiger partial charge in [-0.05, 0) is 30.0 Å².